The van der Waals surface area contributed by atoms with E-state index in [9.17, 15) is 9.90 Å². The van der Waals surface area contributed by atoms with Crippen LogP contribution in [-0.2, 0) is 17.9 Å². The first-order chi connectivity index (χ1) is 22.6. The Morgan fingerprint density at radius 2 is 1.80 bits per heavy atom. The predicted molar refractivity (Wildman–Crippen MR) is 181 cm³/mol. The van der Waals surface area contributed by atoms with Gasteiger partial charge in [0, 0.05) is 60.5 Å². The molecule has 1 saturated carbocycles. The number of carbonyl (C=O) groups is 1. The van der Waals surface area contributed by atoms with Crippen molar-refractivity contribution in [3.8, 4) is 22.5 Å². The highest BCUT2D eigenvalue weighted by Gasteiger charge is 2.31. The largest absolute Gasteiger partial charge is 0.392 e. The summed E-state index contributed by atoms with van der Waals surface area (Å²) in [6.07, 6.45) is 6.73. The van der Waals surface area contributed by atoms with Crippen LogP contribution in [0.25, 0.3) is 33.5 Å². The van der Waals surface area contributed by atoms with Crippen molar-refractivity contribution in [1.82, 2.24) is 24.8 Å². The molecule has 232 valence electrons. The van der Waals surface area contributed by atoms with Crippen molar-refractivity contribution in [1.29, 1.82) is 0 Å². The second kappa shape index (κ2) is 11.9. The fraction of sp³-hybridized carbons (Fsp3) is 0.297. The van der Waals surface area contributed by atoms with Crippen LogP contribution < -0.4 is 5.01 Å². The highest BCUT2D eigenvalue weighted by molar-refractivity contribution is 5.96. The fourth-order valence-corrected chi connectivity index (χ4v) is 6.86. The van der Waals surface area contributed by atoms with Crippen LogP contribution in [-0.4, -0.2) is 75.6 Å². The van der Waals surface area contributed by atoms with Gasteiger partial charge >= 0.3 is 0 Å². The number of nitrogens with zero attached hydrogens (tertiary/aromatic N) is 6. The zero-order valence-electron chi connectivity index (χ0n) is 25.9. The van der Waals surface area contributed by atoms with Gasteiger partial charge in [0.1, 0.15) is 24.3 Å². The van der Waals surface area contributed by atoms with E-state index in [4.69, 9.17) is 10.1 Å². The van der Waals surface area contributed by atoms with Gasteiger partial charge in [-0.2, -0.15) is 5.10 Å². The van der Waals surface area contributed by atoms with E-state index in [-0.39, 0.29) is 6.61 Å². The van der Waals surface area contributed by atoms with Crippen molar-refractivity contribution in [2.24, 2.45) is 5.10 Å². The number of nitrogens with one attached hydrogen (secondary N) is 1. The number of piperazine rings is 1. The predicted octanol–water partition coefficient (Wildman–Crippen LogP) is 5.50. The van der Waals surface area contributed by atoms with Gasteiger partial charge in [-0.1, -0.05) is 48.5 Å². The lowest BCUT2D eigenvalue weighted by Gasteiger charge is -2.32. The summed E-state index contributed by atoms with van der Waals surface area (Å²) in [5, 5.41) is 18.0. The summed E-state index contributed by atoms with van der Waals surface area (Å²) < 4.78 is 0. The average molecular weight is 612 g/mol. The number of fused-ring (bicyclic) bond motifs is 2. The van der Waals surface area contributed by atoms with Crippen LogP contribution >= 0.6 is 0 Å². The first-order valence-corrected chi connectivity index (χ1v) is 16.1. The van der Waals surface area contributed by atoms with Gasteiger partial charge in [0.2, 0.25) is 0 Å². The lowest BCUT2D eigenvalue weighted by atomic mass is 9.94. The number of aliphatic hydroxyl groups excluding tert-OH is 1. The van der Waals surface area contributed by atoms with Crippen LogP contribution in [0, 0.1) is 0 Å². The van der Waals surface area contributed by atoms with Gasteiger partial charge in [-0.3, -0.25) is 9.91 Å². The first kappa shape index (κ1) is 28.8. The molecule has 9 heteroatoms. The minimum atomic E-state index is -0.600. The quantitative estimate of drug-likeness (QED) is 0.224. The van der Waals surface area contributed by atoms with E-state index in [0.29, 0.717) is 22.9 Å². The molecule has 2 fully saturated rings. The summed E-state index contributed by atoms with van der Waals surface area (Å²) in [6.45, 7) is 5.11. The summed E-state index contributed by atoms with van der Waals surface area (Å²) in [5.41, 5.74) is 10.1. The maximum absolute atomic E-state index is 12.5. The molecule has 0 bridgehead atoms. The molecular weight excluding hydrogens is 574 g/mol. The first-order valence-electron chi connectivity index (χ1n) is 16.1. The third-order valence-corrected chi connectivity index (χ3v) is 9.70. The Labute approximate surface area is 268 Å². The average Bonchev–Trinajstić information content (AvgIpc) is 3.86. The van der Waals surface area contributed by atoms with Gasteiger partial charge in [-0.15, -0.1) is 0 Å². The van der Waals surface area contributed by atoms with Crippen molar-refractivity contribution >= 4 is 29.2 Å². The smallest absolute Gasteiger partial charge is 0.149 e. The molecule has 46 heavy (non-hydrogen) atoms. The maximum atomic E-state index is 12.5. The molecule has 3 aliphatic rings. The molecular formula is C37H37N7O2. The molecule has 0 amide bonds. The molecule has 1 atom stereocenters. The number of hydrazone groups is 1. The molecule has 2 aliphatic heterocycles. The number of hydrogen-bond acceptors (Lipinski definition) is 8. The summed E-state index contributed by atoms with van der Waals surface area (Å²) in [5.74, 6) is 0.620. The number of benzene rings is 3. The summed E-state index contributed by atoms with van der Waals surface area (Å²) in [6, 6.07) is 22.3. The number of aldehydes is 1. The Kier molecular flexibility index (Phi) is 7.44. The number of anilines is 1. The Hall–Kier alpha value is -4.70. The van der Waals surface area contributed by atoms with E-state index in [2.05, 4.69) is 75.3 Å². The van der Waals surface area contributed by atoms with Crippen molar-refractivity contribution in [3.63, 3.8) is 0 Å². The van der Waals surface area contributed by atoms with Crippen molar-refractivity contribution in [2.75, 3.05) is 38.2 Å². The molecule has 5 aromatic rings. The van der Waals surface area contributed by atoms with E-state index >= 15 is 0 Å². The molecule has 2 aromatic heterocycles. The molecule has 0 radical (unpaired) electrons. The van der Waals surface area contributed by atoms with Gasteiger partial charge in [0.05, 0.1) is 24.2 Å². The molecule has 8 rings (SSSR count). The van der Waals surface area contributed by atoms with E-state index in [0.717, 1.165) is 78.0 Å². The van der Waals surface area contributed by atoms with Crippen LogP contribution in [0.4, 0.5) is 5.69 Å². The molecule has 1 unspecified atom stereocenters. The zero-order chi connectivity index (χ0) is 31.2. The van der Waals surface area contributed by atoms with Crippen molar-refractivity contribution < 1.29 is 9.90 Å². The number of rotatable bonds is 8. The van der Waals surface area contributed by atoms with Crippen LogP contribution in [0.15, 0.2) is 78.2 Å². The van der Waals surface area contributed by atoms with E-state index < -0.39 is 6.04 Å². The third kappa shape index (κ3) is 5.30. The molecule has 1 saturated heterocycles. The van der Waals surface area contributed by atoms with Crippen LogP contribution in [0.5, 0.6) is 0 Å². The fourth-order valence-electron chi connectivity index (χ4n) is 6.86. The molecule has 2 N–H and O–H groups in total. The van der Waals surface area contributed by atoms with Crippen molar-refractivity contribution in [2.45, 2.75) is 38.0 Å². The Morgan fingerprint density at radius 3 is 2.57 bits per heavy atom. The van der Waals surface area contributed by atoms with Gasteiger partial charge in [0.15, 0.2) is 0 Å². The van der Waals surface area contributed by atoms with Gasteiger partial charge in [-0.05, 0) is 66.3 Å². The lowest BCUT2D eigenvalue weighted by molar-refractivity contribution is -0.109. The summed E-state index contributed by atoms with van der Waals surface area (Å²) in [7, 11) is 2.18. The summed E-state index contributed by atoms with van der Waals surface area (Å²) in [4.78, 5) is 30.1. The third-order valence-electron chi connectivity index (χ3n) is 9.70. The minimum Gasteiger partial charge on any atom is -0.392 e. The number of hydrogen-bond donors (Lipinski definition) is 2. The Bertz CT molecular complexity index is 1940. The van der Waals surface area contributed by atoms with Gasteiger partial charge in [0.25, 0.3) is 0 Å². The Morgan fingerprint density at radius 1 is 0.978 bits per heavy atom. The molecule has 0 spiro atoms. The van der Waals surface area contributed by atoms with Crippen LogP contribution in [0.3, 0.4) is 0 Å². The highest BCUT2D eigenvalue weighted by atomic mass is 16.3. The van der Waals surface area contributed by atoms with Crippen LogP contribution in [0.2, 0.25) is 0 Å². The number of carbonyl (C=O) groups excluding carboxylic acids is 1. The molecule has 9 nitrogen and oxygen atoms in total. The van der Waals surface area contributed by atoms with Gasteiger partial charge in [-0.25, -0.2) is 9.97 Å². The second-order valence-electron chi connectivity index (χ2n) is 12.7. The van der Waals surface area contributed by atoms with Crippen LogP contribution in [0.1, 0.15) is 52.6 Å². The normalized spacial score (nSPS) is 18.7. The number of likely N-dealkylation sites (N-methyl/N-ethyl adjacent to an activating group) is 1. The van der Waals surface area contributed by atoms with Gasteiger partial charge < -0.3 is 19.8 Å². The topological polar surface area (TPSA) is 101 Å². The van der Waals surface area contributed by atoms with E-state index in [1.54, 1.807) is 11.3 Å². The zero-order valence-corrected chi connectivity index (χ0v) is 25.9. The second-order valence-corrected chi connectivity index (χ2v) is 12.7. The van der Waals surface area contributed by atoms with Crippen molar-refractivity contribution in [3.05, 3.63) is 101 Å². The number of H-pyrrole nitrogens is 1. The number of aromatic amines is 1. The standard InChI is InChI=1S/C37H37N7O2/c1-42-13-15-43(16-14-42)20-24-5-7-26(8-6-24)33-18-31-36(38-23-39-37(31)41-33)30-3-2-4-34(32(30)21-45)44-35(22-46)29-12-11-27(25-9-10-25)17-28(29)19-40-44/h2-8,11-12,17-19,22-23,25,35,45H,9-10,13-16,20-21H2,1H3,(H,38,39,41). The molecule has 3 aromatic carbocycles. The highest BCUT2D eigenvalue weighted by Crippen LogP contribution is 2.43. The molecule has 4 heterocycles. The Balaban J connectivity index is 1.11. The minimum absolute atomic E-state index is 0.242. The SMILES string of the molecule is CN1CCN(Cc2ccc(-c3cc4c(-c5cccc(N6N=Cc7cc(C8CC8)ccc7C6C=O)c5CO)ncnc4[nH]3)cc2)CC1. The van der Waals surface area contributed by atoms with E-state index in [1.807, 2.05) is 24.4 Å². The van der Waals surface area contributed by atoms with E-state index in [1.165, 1.54) is 24.0 Å². The number of aromatic nitrogens is 3. The lowest BCUT2D eigenvalue weighted by Crippen LogP contribution is -2.43. The maximum Gasteiger partial charge on any atom is 0.149 e. The molecule has 1 aliphatic carbocycles. The number of aliphatic hydroxyl groups is 1. The summed E-state index contributed by atoms with van der Waals surface area (Å²) >= 11 is 0. The monoisotopic (exact) mass is 611 g/mol.